The first-order valence-electron chi connectivity index (χ1n) is 8.01. The summed E-state index contributed by atoms with van der Waals surface area (Å²) in [6, 6.07) is 0.294. The average Bonchev–Trinajstić information content (AvgIpc) is 2.62. The van der Waals surface area contributed by atoms with E-state index in [4.69, 9.17) is 0 Å². The Morgan fingerprint density at radius 3 is 2.55 bits per heavy atom. The molecule has 0 bridgehead atoms. The lowest BCUT2D eigenvalue weighted by Gasteiger charge is -2.34. The second-order valence-corrected chi connectivity index (χ2v) is 6.14. The van der Waals surface area contributed by atoms with Gasteiger partial charge in [0.15, 0.2) is 0 Å². The summed E-state index contributed by atoms with van der Waals surface area (Å²) in [5.41, 5.74) is 0. The summed E-state index contributed by atoms with van der Waals surface area (Å²) in [6.45, 7) is 8.64. The van der Waals surface area contributed by atoms with Crippen LogP contribution in [-0.2, 0) is 9.59 Å². The molecule has 1 aliphatic heterocycles. The van der Waals surface area contributed by atoms with Crippen LogP contribution in [0.2, 0.25) is 0 Å². The van der Waals surface area contributed by atoms with E-state index in [1.165, 1.54) is 6.42 Å². The van der Waals surface area contributed by atoms with Crippen molar-refractivity contribution in [2.75, 3.05) is 6.54 Å². The Kier molecular flexibility index (Phi) is 7.20. The van der Waals surface area contributed by atoms with Crippen molar-refractivity contribution in [2.24, 2.45) is 0 Å². The number of carbonyl (C=O) groups is 2. The van der Waals surface area contributed by atoms with Crippen LogP contribution >= 0.6 is 0 Å². The molecule has 1 rings (SSSR count). The highest BCUT2D eigenvalue weighted by molar-refractivity contribution is 5.82. The zero-order valence-electron chi connectivity index (χ0n) is 13.4. The quantitative estimate of drug-likeness (QED) is 0.814. The summed E-state index contributed by atoms with van der Waals surface area (Å²) in [7, 11) is 0. The number of amides is 1. The Bertz CT molecular complexity index is 330. The van der Waals surface area contributed by atoms with E-state index in [2.05, 4.69) is 17.1 Å². The molecule has 0 saturated carbocycles. The van der Waals surface area contributed by atoms with Crippen molar-refractivity contribution < 1.29 is 9.59 Å². The fourth-order valence-electron chi connectivity index (χ4n) is 2.88. The second kappa shape index (κ2) is 8.40. The Morgan fingerprint density at radius 1 is 1.25 bits per heavy atom. The van der Waals surface area contributed by atoms with Crippen molar-refractivity contribution in [3.8, 4) is 0 Å². The smallest absolute Gasteiger partial charge is 0.237 e. The number of likely N-dealkylation sites (tertiary alicyclic amines) is 1. The molecular formula is C16H30N2O2. The monoisotopic (exact) mass is 282 g/mol. The highest BCUT2D eigenvalue weighted by atomic mass is 16.2. The molecular weight excluding hydrogens is 252 g/mol. The van der Waals surface area contributed by atoms with Crippen molar-refractivity contribution in [3.05, 3.63) is 0 Å². The fraction of sp³-hybridized carbons (Fsp3) is 0.875. The normalized spacial score (nSPS) is 23.7. The van der Waals surface area contributed by atoms with Gasteiger partial charge in [0.25, 0.3) is 0 Å². The van der Waals surface area contributed by atoms with Gasteiger partial charge in [-0.3, -0.25) is 14.5 Å². The standard InChI is InChI=1S/C16H30N2O2/c1-5-12(2)17-16(20)14(4)18-10-8-6-7-9-15(18)11-13(3)19/h12,14-15H,5-11H2,1-4H3,(H,17,20). The van der Waals surface area contributed by atoms with Crippen LogP contribution < -0.4 is 5.32 Å². The highest BCUT2D eigenvalue weighted by Gasteiger charge is 2.30. The number of nitrogens with zero attached hydrogens (tertiary/aromatic N) is 1. The van der Waals surface area contributed by atoms with Crippen molar-refractivity contribution in [1.29, 1.82) is 0 Å². The summed E-state index contributed by atoms with van der Waals surface area (Å²) < 4.78 is 0. The SMILES string of the molecule is CCC(C)NC(=O)C(C)N1CCCCCC1CC(C)=O. The summed E-state index contributed by atoms with van der Waals surface area (Å²) in [5.74, 6) is 0.311. The van der Waals surface area contributed by atoms with Gasteiger partial charge in [-0.05, 0) is 46.6 Å². The predicted molar refractivity (Wildman–Crippen MR) is 81.6 cm³/mol. The highest BCUT2D eigenvalue weighted by Crippen LogP contribution is 2.22. The van der Waals surface area contributed by atoms with Gasteiger partial charge in [0.2, 0.25) is 5.91 Å². The number of ketones is 1. The maximum absolute atomic E-state index is 12.3. The lowest BCUT2D eigenvalue weighted by Crippen LogP contribution is -2.51. The molecule has 1 aliphatic rings. The molecule has 0 radical (unpaired) electrons. The lowest BCUT2D eigenvalue weighted by atomic mass is 10.0. The van der Waals surface area contributed by atoms with Gasteiger partial charge >= 0.3 is 0 Å². The van der Waals surface area contributed by atoms with Crippen LogP contribution in [0, 0.1) is 0 Å². The number of Topliss-reactive ketones (excluding diaryl/α,β-unsaturated/α-hetero) is 1. The van der Waals surface area contributed by atoms with E-state index < -0.39 is 0 Å². The molecule has 1 saturated heterocycles. The zero-order valence-corrected chi connectivity index (χ0v) is 13.4. The lowest BCUT2D eigenvalue weighted by molar-refractivity contribution is -0.128. The van der Waals surface area contributed by atoms with E-state index in [1.54, 1.807) is 6.92 Å². The minimum atomic E-state index is -0.147. The van der Waals surface area contributed by atoms with Crippen LogP contribution in [-0.4, -0.2) is 41.3 Å². The Balaban J connectivity index is 2.70. The Hall–Kier alpha value is -0.900. The topological polar surface area (TPSA) is 49.4 Å². The molecule has 1 N–H and O–H groups in total. The van der Waals surface area contributed by atoms with E-state index in [-0.39, 0.29) is 29.8 Å². The average molecular weight is 282 g/mol. The van der Waals surface area contributed by atoms with Crippen molar-refractivity contribution in [1.82, 2.24) is 10.2 Å². The molecule has 1 heterocycles. The van der Waals surface area contributed by atoms with Crippen molar-refractivity contribution >= 4 is 11.7 Å². The van der Waals surface area contributed by atoms with E-state index >= 15 is 0 Å². The molecule has 4 heteroatoms. The minimum Gasteiger partial charge on any atom is -0.352 e. The van der Waals surface area contributed by atoms with E-state index in [0.717, 1.165) is 32.2 Å². The summed E-state index contributed by atoms with van der Waals surface area (Å²) in [4.78, 5) is 26.0. The van der Waals surface area contributed by atoms with E-state index in [0.29, 0.717) is 6.42 Å². The molecule has 116 valence electrons. The number of rotatable bonds is 6. The summed E-state index contributed by atoms with van der Waals surface area (Å²) in [6.07, 6.45) is 6.02. The largest absolute Gasteiger partial charge is 0.352 e. The molecule has 1 amide bonds. The third-order valence-corrected chi connectivity index (χ3v) is 4.32. The van der Waals surface area contributed by atoms with E-state index in [9.17, 15) is 9.59 Å². The van der Waals surface area contributed by atoms with Gasteiger partial charge in [0.1, 0.15) is 5.78 Å². The first kappa shape index (κ1) is 17.2. The number of hydrogen-bond acceptors (Lipinski definition) is 3. The van der Waals surface area contributed by atoms with Crippen molar-refractivity contribution in [3.63, 3.8) is 0 Å². The van der Waals surface area contributed by atoms with Crippen LogP contribution in [0.5, 0.6) is 0 Å². The molecule has 0 aliphatic carbocycles. The third-order valence-electron chi connectivity index (χ3n) is 4.32. The molecule has 3 atom stereocenters. The van der Waals surface area contributed by atoms with Crippen LogP contribution in [0.15, 0.2) is 0 Å². The molecule has 0 aromatic rings. The summed E-state index contributed by atoms with van der Waals surface area (Å²) >= 11 is 0. The maximum atomic E-state index is 12.3. The van der Waals surface area contributed by atoms with Gasteiger partial charge in [-0.2, -0.15) is 0 Å². The molecule has 20 heavy (non-hydrogen) atoms. The van der Waals surface area contributed by atoms with Gasteiger partial charge in [0, 0.05) is 18.5 Å². The minimum absolute atomic E-state index is 0.0924. The first-order chi connectivity index (χ1) is 9.45. The molecule has 0 aromatic heterocycles. The van der Waals surface area contributed by atoms with E-state index in [1.807, 2.05) is 13.8 Å². The second-order valence-electron chi connectivity index (χ2n) is 6.14. The number of carbonyl (C=O) groups excluding carboxylic acids is 2. The molecule has 0 aromatic carbocycles. The van der Waals surface area contributed by atoms with Gasteiger partial charge in [0.05, 0.1) is 6.04 Å². The Morgan fingerprint density at radius 2 is 1.95 bits per heavy atom. The van der Waals surface area contributed by atoms with Crippen LogP contribution in [0.4, 0.5) is 0 Å². The third kappa shape index (κ3) is 5.23. The van der Waals surface area contributed by atoms with Gasteiger partial charge in [-0.15, -0.1) is 0 Å². The predicted octanol–water partition coefficient (Wildman–Crippen LogP) is 2.51. The number of hydrogen-bond donors (Lipinski definition) is 1. The van der Waals surface area contributed by atoms with Gasteiger partial charge in [-0.25, -0.2) is 0 Å². The Labute approximate surface area is 123 Å². The van der Waals surface area contributed by atoms with Gasteiger partial charge in [-0.1, -0.05) is 19.8 Å². The van der Waals surface area contributed by atoms with Gasteiger partial charge < -0.3 is 5.32 Å². The maximum Gasteiger partial charge on any atom is 0.237 e. The molecule has 3 unspecified atom stereocenters. The molecule has 4 nitrogen and oxygen atoms in total. The first-order valence-corrected chi connectivity index (χ1v) is 8.01. The zero-order chi connectivity index (χ0) is 15.1. The molecule has 1 fully saturated rings. The van der Waals surface area contributed by atoms with Crippen LogP contribution in [0.25, 0.3) is 0 Å². The number of nitrogens with one attached hydrogen (secondary N) is 1. The van der Waals surface area contributed by atoms with Crippen LogP contribution in [0.3, 0.4) is 0 Å². The van der Waals surface area contributed by atoms with Crippen LogP contribution in [0.1, 0.15) is 66.2 Å². The molecule has 0 spiro atoms. The summed E-state index contributed by atoms with van der Waals surface area (Å²) in [5, 5.41) is 3.06. The van der Waals surface area contributed by atoms with Crippen molar-refractivity contribution in [2.45, 2.75) is 84.3 Å². The fourth-order valence-corrected chi connectivity index (χ4v) is 2.88.